The Hall–Kier alpha value is -2.46. The number of aliphatic hydroxyl groups is 1. The second-order valence-electron chi connectivity index (χ2n) is 8.70. The standard InChI is InChI=1S/C24H30N2O2/c1-23(2,3)18-14-16-21(17-15-18)25-26-22(27)24(28,19-10-6-4-7-11-19)20-12-8-5-9-13-20/h4-13,18,28H,14-17H2,1-3H3,(H,26,27). The molecule has 0 unspecified atom stereocenters. The zero-order chi connectivity index (χ0) is 20.2. The van der Waals surface area contributed by atoms with E-state index in [2.05, 4.69) is 31.3 Å². The highest BCUT2D eigenvalue weighted by molar-refractivity contribution is 5.92. The fraction of sp³-hybridized carbons (Fsp3) is 0.417. The van der Waals surface area contributed by atoms with Gasteiger partial charge in [-0.15, -0.1) is 0 Å². The van der Waals surface area contributed by atoms with E-state index in [9.17, 15) is 9.90 Å². The minimum Gasteiger partial charge on any atom is -0.372 e. The second-order valence-corrected chi connectivity index (χ2v) is 8.70. The molecule has 3 rings (SSSR count). The Labute approximate surface area is 167 Å². The van der Waals surface area contributed by atoms with Gasteiger partial charge in [-0.05, 0) is 48.1 Å². The summed E-state index contributed by atoms with van der Waals surface area (Å²) >= 11 is 0. The maximum atomic E-state index is 13.1. The first kappa shape index (κ1) is 20.3. The topological polar surface area (TPSA) is 61.7 Å². The fourth-order valence-corrected chi connectivity index (χ4v) is 3.93. The summed E-state index contributed by atoms with van der Waals surface area (Å²) in [5.41, 5.74) is 3.21. The average Bonchev–Trinajstić information content (AvgIpc) is 2.72. The third-order valence-electron chi connectivity index (χ3n) is 5.81. The van der Waals surface area contributed by atoms with E-state index >= 15 is 0 Å². The first-order valence-corrected chi connectivity index (χ1v) is 10.0. The first-order valence-electron chi connectivity index (χ1n) is 10.0. The van der Waals surface area contributed by atoms with Crippen molar-refractivity contribution in [3.05, 3.63) is 71.8 Å². The van der Waals surface area contributed by atoms with Crippen LogP contribution in [0.2, 0.25) is 0 Å². The molecular formula is C24H30N2O2. The molecule has 1 saturated carbocycles. The van der Waals surface area contributed by atoms with Crippen molar-refractivity contribution >= 4 is 11.6 Å². The van der Waals surface area contributed by atoms with E-state index in [0.717, 1.165) is 31.4 Å². The van der Waals surface area contributed by atoms with Crippen molar-refractivity contribution in [1.82, 2.24) is 5.43 Å². The third kappa shape index (κ3) is 4.33. The molecule has 0 heterocycles. The Morgan fingerprint density at radius 1 is 0.929 bits per heavy atom. The number of carbonyl (C=O) groups excluding carboxylic acids is 1. The Balaban J connectivity index is 1.78. The highest BCUT2D eigenvalue weighted by Gasteiger charge is 2.40. The summed E-state index contributed by atoms with van der Waals surface area (Å²) in [4.78, 5) is 13.1. The van der Waals surface area contributed by atoms with Crippen molar-refractivity contribution in [2.45, 2.75) is 52.1 Å². The Morgan fingerprint density at radius 3 is 1.82 bits per heavy atom. The molecule has 28 heavy (non-hydrogen) atoms. The van der Waals surface area contributed by atoms with Gasteiger partial charge in [-0.3, -0.25) is 4.79 Å². The number of nitrogens with zero attached hydrogens (tertiary/aromatic N) is 1. The fourth-order valence-electron chi connectivity index (χ4n) is 3.93. The van der Waals surface area contributed by atoms with E-state index in [1.54, 1.807) is 24.3 Å². The average molecular weight is 379 g/mol. The quantitative estimate of drug-likeness (QED) is 0.762. The minimum atomic E-state index is -1.78. The molecule has 1 aliphatic rings. The highest BCUT2D eigenvalue weighted by Crippen LogP contribution is 2.37. The lowest BCUT2D eigenvalue weighted by Crippen LogP contribution is -2.44. The molecule has 0 spiro atoms. The molecule has 4 nitrogen and oxygen atoms in total. The Bertz CT molecular complexity index is 773. The van der Waals surface area contributed by atoms with Gasteiger partial charge < -0.3 is 5.11 Å². The van der Waals surface area contributed by atoms with Gasteiger partial charge >= 0.3 is 0 Å². The first-order chi connectivity index (χ1) is 13.3. The molecule has 0 aromatic heterocycles. The van der Waals surface area contributed by atoms with Gasteiger partial charge in [-0.1, -0.05) is 81.4 Å². The van der Waals surface area contributed by atoms with Gasteiger partial charge in [0.15, 0.2) is 5.60 Å². The van der Waals surface area contributed by atoms with Crippen LogP contribution in [-0.2, 0) is 10.4 Å². The van der Waals surface area contributed by atoms with Crippen LogP contribution in [0.25, 0.3) is 0 Å². The summed E-state index contributed by atoms with van der Waals surface area (Å²) in [5.74, 6) is 0.142. The molecular weight excluding hydrogens is 348 g/mol. The lowest BCUT2D eigenvalue weighted by atomic mass is 9.72. The Morgan fingerprint density at radius 2 is 1.39 bits per heavy atom. The summed E-state index contributed by atoms with van der Waals surface area (Å²) in [5, 5.41) is 15.8. The van der Waals surface area contributed by atoms with Crippen LogP contribution in [0.5, 0.6) is 0 Å². The van der Waals surface area contributed by atoms with Gasteiger partial charge in [-0.25, -0.2) is 5.43 Å². The van der Waals surface area contributed by atoms with Gasteiger partial charge in [0, 0.05) is 5.71 Å². The van der Waals surface area contributed by atoms with Crippen LogP contribution in [0, 0.1) is 11.3 Å². The number of nitrogens with one attached hydrogen (secondary N) is 1. The zero-order valence-electron chi connectivity index (χ0n) is 17.0. The smallest absolute Gasteiger partial charge is 0.281 e. The maximum Gasteiger partial charge on any atom is 0.281 e. The van der Waals surface area contributed by atoms with E-state index in [1.165, 1.54) is 0 Å². The van der Waals surface area contributed by atoms with Crippen LogP contribution < -0.4 is 5.43 Å². The van der Waals surface area contributed by atoms with Crippen LogP contribution in [0.15, 0.2) is 65.8 Å². The Kier molecular flexibility index (Phi) is 5.99. The molecule has 148 valence electrons. The summed E-state index contributed by atoms with van der Waals surface area (Å²) in [7, 11) is 0. The number of hydrogen-bond donors (Lipinski definition) is 2. The van der Waals surface area contributed by atoms with Gasteiger partial charge in [0.25, 0.3) is 5.91 Å². The molecule has 2 N–H and O–H groups in total. The SMILES string of the molecule is CC(C)(C)C1CCC(=NNC(=O)C(O)(c2ccccc2)c2ccccc2)CC1. The summed E-state index contributed by atoms with van der Waals surface area (Å²) in [6, 6.07) is 18.0. The summed E-state index contributed by atoms with van der Waals surface area (Å²) in [6.45, 7) is 6.84. The number of hydrazone groups is 1. The van der Waals surface area contributed by atoms with Gasteiger partial charge in [-0.2, -0.15) is 5.10 Å². The maximum absolute atomic E-state index is 13.1. The van der Waals surface area contributed by atoms with E-state index in [-0.39, 0.29) is 0 Å². The zero-order valence-corrected chi connectivity index (χ0v) is 17.0. The van der Waals surface area contributed by atoms with Crippen molar-refractivity contribution < 1.29 is 9.90 Å². The van der Waals surface area contributed by atoms with Crippen LogP contribution in [-0.4, -0.2) is 16.7 Å². The van der Waals surface area contributed by atoms with E-state index < -0.39 is 11.5 Å². The predicted octanol–water partition coefficient (Wildman–Crippen LogP) is 4.63. The van der Waals surface area contributed by atoms with Crippen LogP contribution in [0.1, 0.15) is 57.6 Å². The highest BCUT2D eigenvalue weighted by atomic mass is 16.3. The van der Waals surface area contributed by atoms with Gasteiger partial charge in [0.2, 0.25) is 0 Å². The second kappa shape index (κ2) is 8.27. The molecule has 1 amide bonds. The number of benzene rings is 2. The molecule has 0 bridgehead atoms. The van der Waals surface area contributed by atoms with Crippen LogP contribution >= 0.6 is 0 Å². The molecule has 2 aromatic rings. The van der Waals surface area contributed by atoms with E-state index in [1.807, 2.05) is 36.4 Å². The molecule has 0 aliphatic heterocycles. The summed E-state index contributed by atoms with van der Waals surface area (Å²) < 4.78 is 0. The normalized spacial score (nSPS) is 17.9. The van der Waals surface area contributed by atoms with Gasteiger partial charge in [0.1, 0.15) is 0 Å². The largest absolute Gasteiger partial charge is 0.372 e. The molecule has 0 radical (unpaired) electrons. The van der Waals surface area contributed by atoms with Crippen molar-refractivity contribution in [2.75, 3.05) is 0 Å². The number of rotatable bonds is 4. The van der Waals surface area contributed by atoms with E-state index in [4.69, 9.17) is 0 Å². The van der Waals surface area contributed by atoms with Crippen molar-refractivity contribution in [1.29, 1.82) is 0 Å². The van der Waals surface area contributed by atoms with Crippen molar-refractivity contribution in [2.24, 2.45) is 16.4 Å². The number of amides is 1. The molecule has 2 aromatic carbocycles. The predicted molar refractivity (Wildman–Crippen MR) is 113 cm³/mol. The van der Waals surface area contributed by atoms with Gasteiger partial charge in [0.05, 0.1) is 0 Å². The third-order valence-corrected chi connectivity index (χ3v) is 5.81. The van der Waals surface area contributed by atoms with Crippen LogP contribution in [0.3, 0.4) is 0 Å². The van der Waals surface area contributed by atoms with E-state index in [0.29, 0.717) is 22.5 Å². The number of hydrogen-bond acceptors (Lipinski definition) is 3. The lowest BCUT2D eigenvalue weighted by molar-refractivity contribution is -0.136. The monoisotopic (exact) mass is 378 g/mol. The van der Waals surface area contributed by atoms with Crippen molar-refractivity contribution in [3.8, 4) is 0 Å². The van der Waals surface area contributed by atoms with Crippen LogP contribution in [0.4, 0.5) is 0 Å². The molecule has 1 fully saturated rings. The molecule has 4 heteroatoms. The molecule has 0 atom stereocenters. The van der Waals surface area contributed by atoms with Crippen molar-refractivity contribution in [3.63, 3.8) is 0 Å². The molecule has 1 aliphatic carbocycles. The summed E-state index contributed by atoms with van der Waals surface area (Å²) in [6.07, 6.45) is 3.94. The molecule has 0 saturated heterocycles. The number of carbonyl (C=O) groups is 1. The lowest BCUT2D eigenvalue weighted by Gasteiger charge is -2.34. The minimum absolute atomic E-state index is 0.301.